The maximum atomic E-state index is 13.1. The molecule has 0 aliphatic carbocycles. The maximum absolute atomic E-state index is 13.1. The molecule has 0 radical (unpaired) electrons. The van der Waals surface area contributed by atoms with Crippen LogP contribution < -0.4 is 16.9 Å². The molecule has 3 heterocycles. The predicted octanol–water partition coefficient (Wildman–Crippen LogP) is 4.54. The van der Waals surface area contributed by atoms with E-state index < -0.39 is 0 Å². The number of hydrogen-bond donors (Lipinski definition) is 2. The number of aromatic nitrogens is 3. The van der Waals surface area contributed by atoms with Gasteiger partial charge < -0.3 is 19.9 Å². The van der Waals surface area contributed by atoms with Crippen molar-refractivity contribution in [1.82, 2.24) is 14.1 Å². The number of aryl methyl sites for hydroxylation is 2. The number of thioether (sulfide) groups is 1. The Balaban J connectivity index is 2.01. The first-order valence-electron chi connectivity index (χ1n) is 11.7. The molecule has 0 fully saturated rings. The van der Waals surface area contributed by atoms with Crippen LogP contribution in [0.4, 0.5) is 0 Å². The van der Waals surface area contributed by atoms with Crippen LogP contribution in [0.2, 0.25) is 0 Å². The molecular formula is C28H31N5O2S. The molecule has 7 nitrogen and oxygen atoms in total. The van der Waals surface area contributed by atoms with Crippen LogP contribution in [0.25, 0.3) is 38.7 Å². The van der Waals surface area contributed by atoms with Crippen molar-refractivity contribution in [1.29, 1.82) is 0 Å². The highest BCUT2D eigenvalue weighted by Gasteiger charge is 2.18. The van der Waals surface area contributed by atoms with Gasteiger partial charge in [-0.25, -0.2) is 0 Å². The van der Waals surface area contributed by atoms with Crippen LogP contribution in [0.5, 0.6) is 0 Å². The van der Waals surface area contributed by atoms with Gasteiger partial charge in [-0.05, 0) is 42.9 Å². The van der Waals surface area contributed by atoms with Gasteiger partial charge in [-0.3, -0.25) is 14.6 Å². The summed E-state index contributed by atoms with van der Waals surface area (Å²) in [5.74, 6) is 0.895. The van der Waals surface area contributed by atoms with Crippen LogP contribution >= 0.6 is 11.8 Å². The number of fused-ring (bicyclic) bond motifs is 1. The highest BCUT2D eigenvalue weighted by Crippen LogP contribution is 2.35. The number of pyridine rings is 2. The molecule has 0 saturated carbocycles. The second-order valence-corrected chi connectivity index (χ2v) is 9.97. The standard InChI is InChI=1S/C28H31N5O2S/c1-17(2)30-13-20(12-29)25-10-22-24(15-33(4)28(35)27(22)31-25)21-11-26(34)32(3)14-23(21)19-8-6-7-18(9-19)16-36-5/h6-15,17,31H,16,29H2,1-5H3. The third kappa shape index (κ3) is 4.95. The molecule has 0 saturated heterocycles. The van der Waals surface area contributed by atoms with E-state index in [9.17, 15) is 9.59 Å². The van der Waals surface area contributed by atoms with Gasteiger partial charge in [0.2, 0.25) is 0 Å². The Morgan fingerprint density at radius 1 is 1.08 bits per heavy atom. The summed E-state index contributed by atoms with van der Waals surface area (Å²) in [5, 5.41) is 0.722. The number of allylic oxidation sites excluding steroid dienone is 1. The van der Waals surface area contributed by atoms with Crippen LogP contribution in [0.3, 0.4) is 0 Å². The molecule has 1 aromatic carbocycles. The molecule has 4 aromatic rings. The van der Waals surface area contributed by atoms with Crippen molar-refractivity contribution in [3.8, 4) is 22.3 Å². The maximum Gasteiger partial charge on any atom is 0.274 e. The molecule has 0 atom stereocenters. The second-order valence-electron chi connectivity index (χ2n) is 9.11. The first-order valence-corrected chi connectivity index (χ1v) is 13.1. The average molecular weight is 502 g/mol. The minimum atomic E-state index is -0.162. The fraction of sp³-hybridized carbons (Fsp3) is 0.250. The van der Waals surface area contributed by atoms with Crippen LogP contribution in [-0.4, -0.2) is 32.6 Å². The smallest absolute Gasteiger partial charge is 0.274 e. The highest BCUT2D eigenvalue weighted by molar-refractivity contribution is 7.97. The number of aliphatic imine (C=N–C) groups is 1. The minimum absolute atomic E-state index is 0.109. The Morgan fingerprint density at radius 3 is 2.53 bits per heavy atom. The lowest BCUT2D eigenvalue weighted by atomic mass is 9.94. The SMILES string of the molecule is CSCc1cccc(-c2cn(C)c(=O)cc2-c2cn(C)c(=O)c3[nH]c(C(C=NC(C)C)=CN)cc23)c1. The van der Waals surface area contributed by atoms with Gasteiger partial charge >= 0.3 is 0 Å². The quantitative estimate of drug-likeness (QED) is 0.363. The fourth-order valence-electron chi connectivity index (χ4n) is 4.21. The summed E-state index contributed by atoms with van der Waals surface area (Å²) in [4.78, 5) is 33.6. The lowest BCUT2D eigenvalue weighted by molar-refractivity contribution is 0.842. The Bertz CT molecular complexity index is 1600. The highest BCUT2D eigenvalue weighted by atomic mass is 32.2. The molecule has 0 aliphatic heterocycles. The van der Waals surface area contributed by atoms with Crippen LogP contribution in [-0.2, 0) is 19.8 Å². The van der Waals surface area contributed by atoms with Crippen molar-refractivity contribution >= 4 is 34.5 Å². The predicted molar refractivity (Wildman–Crippen MR) is 153 cm³/mol. The molecule has 36 heavy (non-hydrogen) atoms. The van der Waals surface area contributed by atoms with E-state index in [0.29, 0.717) is 16.8 Å². The van der Waals surface area contributed by atoms with Crippen LogP contribution in [0.15, 0.2) is 69.6 Å². The van der Waals surface area contributed by atoms with E-state index in [2.05, 4.69) is 28.4 Å². The number of rotatable bonds is 7. The van der Waals surface area contributed by atoms with Gasteiger partial charge in [0.05, 0.1) is 0 Å². The van der Waals surface area contributed by atoms with E-state index in [1.165, 1.54) is 16.3 Å². The molecule has 3 aromatic heterocycles. The van der Waals surface area contributed by atoms with E-state index in [4.69, 9.17) is 5.73 Å². The molecular weight excluding hydrogens is 470 g/mol. The number of aromatic amines is 1. The first-order chi connectivity index (χ1) is 17.2. The fourth-order valence-corrected chi connectivity index (χ4v) is 4.73. The molecule has 186 valence electrons. The van der Waals surface area contributed by atoms with E-state index in [1.807, 2.05) is 38.2 Å². The summed E-state index contributed by atoms with van der Waals surface area (Å²) < 4.78 is 3.12. The molecule has 0 spiro atoms. The molecule has 4 rings (SSSR count). The van der Waals surface area contributed by atoms with Crippen LogP contribution in [0, 0.1) is 0 Å². The van der Waals surface area contributed by atoms with Gasteiger partial charge in [-0.1, -0.05) is 24.3 Å². The Kier molecular flexibility index (Phi) is 7.35. The summed E-state index contributed by atoms with van der Waals surface area (Å²) in [7, 11) is 3.46. The molecule has 8 heteroatoms. The third-order valence-electron chi connectivity index (χ3n) is 6.03. The average Bonchev–Trinajstić information content (AvgIpc) is 3.29. The van der Waals surface area contributed by atoms with Crippen molar-refractivity contribution in [3.63, 3.8) is 0 Å². The Labute approximate surface area is 214 Å². The summed E-state index contributed by atoms with van der Waals surface area (Å²) in [6.45, 7) is 3.96. The summed E-state index contributed by atoms with van der Waals surface area (Å²) in [6.07, 6.45) is 8.91. The number of hydrogen-bond acceptors (Lipinski definition) is 5. The van der Waals surface area contributed by atoms with Gasteiger partial charge in [0.1, 0.15) is 5.52 Å². The van der Waals surface area contributed by atoms with Gasteiger partial charge in [-0.15, -0.1) is 0 Å². The first kappa shape index (κ1) is 25.3. The van der Waals surface area contributed by atoms with Gasteiger partial charge in [0.25, 0.3) is 11.1 Å². The topological polar surface area (TPSA) is 98.2 Å². The van der Waals surface area contributed by atoms with Crippen LogP contribution in [0.1, 0.15) is 25.1 Å². The van der Waals surface area contributed by atoms with Gasteiger partial charge in [0.15, 0.2) is 0 Å². The van der Waals surface area contributed by atoms with Crippen molar-refractivity contribution in [2.24, 2.45) is 24.8 Å². The summed E-state index contributed by atoms with van der Waals surface area (Å²) in [5.41, 5.74) is 12.1. The number of nitrogens with two attached hydrogens (primary N) is 1. The van der Waals surface area contributed by atoms with E-state index in [-0.39, 0.29) is 17.2 Å². The molecule has 0 bridgehead atoms. The zero-order valence-electron chi connectivity index (χ0n) is 21.2. The molecule has 0 unspecified atom stereocenters. The monoisotopic (exact) mass is 501 g/mol. The third-order valence-corrected chi connectivity index (χ3v) is 6.66. The zero-order chi connectivity index (χ0) is 26.0. The molecule has 0 aliphatic rings. The molecule has 0 amide bonds. The zero-order valence-corrected chi connectivity index (χ0v) is 22.0. The largest absolute Gasteiger partial charge is 0.404 e. The van der Waals surface area contributed by atoms with E-state index >= 15 is 0 Å². The van der Waals surface area contributed by atoms with E-state index in [1.54, 1.807) is 48.9 Å². The van der Waals surface area contributed by atoms with E-state index in [0.717, 1.165) is 33.4 Å². The second kappa shape index (κ2) is 10.5. The van der Waals surface area contributed by atoms with Gasteiger partial charge in [-0.2, -0.15) is 11.8 Å². The van der Waals surface area contributed by atoms with Crippen molar-refractivity contribution in [3.05, 3.63) is 87.0 Å². The lowest BCUT2D eigenvalue weighted by Gasteiger charge is -2.14. The number of H-pyrrole nitrogens is 1. The molecule has 3 N–H and O–H groups in total. The number of nitrogens with zero attached hydrogens (tertiary/aromatic N) is 3. The van der Waals surface area contributed by atoms with Gasteiger partial charge in [0, 0.05) is 84.5 Å². The number of benzene rings is 1. The van der Waals surface area contributed by atoms with Crippen molar-refractivity contribution < 1.29 is 0 Å². The summed E-state index contributed by atoms with van der Waals surface area (Å²) >= 11 is 1.76. The Hall–Kier alpha value is -3.78. The Morgan fingerprint density at radius 2 is 1.83 bits per heavy atom. The summed E-state index contributed by atoms with van der Waals surface area (Å²) in [6, 6.07) is 12.0. The van der Waals surface area contributed by atoms with Crippen molar-refractivity contribution in [2.75, 3.05) is 6.26 Å². The van der Waals surface area contributed by atoms with Crippen molar-refractivity contribution in [2.45, 2.75) is 25.6 Å². The normalized spacial score (nSPS) is 12.3. The number of nitrogens with one attached hydrogen (secondary N) is 1. The lowest BCUT2D eigenvalue weighted by Crippen LogP contribution is -2.18. The minimum Gasteiger partial charge on any atom is -0.404 e.